The van der Waals surface area contributed by atoms with Gasteiger partial charge in [0, 0.05) is 13.7 Å². The Morgan fingerprint density at radius 3 is 2.38 bits per heavy atom. The topological polar surface area (TPSA) is 55.4 Å². The lowest BCUT2D eigenvalue weighted by Crippen LogP contribution is -2.23. The van der Waals surface area contributed by atoms with E-state index in [1.54, 1.807) is 19.2 Å². The van der Waals surface area contributed by atoms with E-state index in [0.29, 0.717) is 17.4 Å². The minimum atomic E-state index is -3.51. The molecule has 0 aliphatic carbocycles. The molecule has 0 saturated carbocycles. The second-order valence-electron chi connectivity index (χ2n) is 5.96. The summed E-state index contributed by atoms with van der Waals surface area (Å²) in [5.41, 5.74) is 3.08. The first-order valence-corrected chi connectivity index (χ1v) is 9.61. The maximum absolute atomic E-state index is 12.4. The summed E-state index contributed by atoms with van der Waals surface area (Å²) in [6.45, 7) is 5.02. The van der Waals surface area contributed by atoms with Crippen molar-refractivity contribution in [3.8, 4) is 0 Å². The molecule has 0 radical (unpaired) electrons. The lowest BCUT2D eigenvalue weighted by atomic mass is 9.99. The number of nitrogens with one attached hydrogen (secondary N) is 1. The van der Waals surface area contributed by atoms with Crippen LogP contribution in [0.25, 0.3) is 0 Å². The first kappa shape index (κ1) is 18.6. The number of benzene rings is 2. The average molecular weight is 347 g/mol. The SMILES string of the molecule is CCC(C)c1ccc(S(=O)(=O)NCc2cccc(COC)c2)cc1. The lowest BCUT2D eigenvalue weighted by Gasteiger charge is -2.11. The Bertz CT molecular complexity index is 754. The summed E-state index contributed by atoms with van der Waals surface area (Å²) in [6, 6.07) is 14.8. The van der Waals surface area contributed by atoms with Crippen molar-refractivity contribution in [2.24, 2.45) is 0 Å². The largest absolute Gasteiger partial charge is 0.380 e. The Labute approximate surface area is 144 Å². The predicted octanol–water partition coefficient (Wildman–Crippen LogP) is 3.83. The summed E-state index contributed by atoms with van der Waals surface area (Å²) in [5.74, 6) is 0.429. The second kappa shape index (κ2) is 8.42. The summed E-state index contributed by atoms with van der Waals surface area (Å²) in [7, 11) is -1.88. The number of rotatable bonds is 8. The van der Waals surface area contributed by atoms with E-state index in [1.807, 2.05) is 36.4 Å². The molecule has 24 heavy (non-hydrogen) atoms. The van der Waals surface area contributed by atoms with Crippen LogP contribution in [0.3, 0.4) is 0 Å². The number of hydrogen-bond donors (Lipinski definition) is 1. The van der Waals surface area contributed by atoms with Gasteiger partial charge in [0.15, 0.2) is 0 Å². The van der Waals surface area contributed by atoms with Crippen LogP contribution in [0.2, 0.25) is 0 Å². The van der Waals surface area contributed by atoms with Gasteiger partial charge >= 0.3 is 0 Å². The van der Waals surface area contributed by atoms with Gasteiger partial charge in [0.25, 0.3) is 0 Å². The molecule has 5 heteroatoms. The minimum absolute atomic E-state index is 0.257. The van der Waals surface area contributed by atoms with Gasteiger partial charge in [-0.15, -0.1) is 0 Å². The number of sulfonamides is 1. The van der Waals surface area contributed by atoms with Gasteiger partial charge in [-0.05, 0) is 41.2 Å². The Morgan fingerprint density at radius 2 is 1.75 bits per heavy atom. The van der Waals surface area contributed by atoms with Crippen molar-refractivity contribution in [3.05, 3.63) is 65.2 Å². The summed E-state index contributed by atoms with van der Waals surface area (Å²) in [4.78, 5) is 0.294. The highest BCUT2D eigenvalue weighted by atomic mass is 32.2. The maximum Gasteiger partial charge on any atom is 0.240 e. The van der Waals surface area contributed by atoms with Crippen LogP contribution in [-0.2, 0) is 27.9 Å². The highest BCUT2D eigenvalue weighted by Crippen LogP contribution is 2.20. The van der Waals surface area contributed by atoms with Crippen LogP contribution in [-0.4, -0.2) is 15.5 Å². The van der Waals surface area contributed by atoms with E-state index in [4.69, 9.17) is 4.74 Å². The Balaban J connectivity index is 2.07. The van der Waals surface area contributed by atoms with Crippen molar-refractivity contribution in [1.82, 2.24) is 4.72 Å². The third-order valence-electron chi connectivity index (χ3n) is 4.14. The van der Waals surface area contributed by atoms with E-state index in [1.165, 1.54) is 0 Å². The first-order chi connectivity index (χ1) is 11.5. The predicted molar refractivity (Wildman–Crippen MR) is 96.3 cm³/mol. The van der Waals surface area contributed by atoms with Crippen LogP contribution in [0, 0.1) is 0 Å². The summed E-state index contributed by atoms with van der Waals surface area (Å²) in [5, 5.41) is 0. The highest BCUT2D eigenvalue weighted by molar-refractivity contribution is 7.89. The van der Waals surface area contributed by atoms with Crippen LogP contribution < -0.4 is 4.72 Å². The summed E-state index contributed by atoms with van der Waals surface area (Å²) in [6.07, 6.45) is 1.03. The standard InChI is InChI=1S/C19H25NO3S/c1-4-15(2)18-8-10-19(11-9-18)24(21,22)20-13-16-6-5-7-17(12-16)14-23-3/h5-12,15,20H,4,13-14H2,1-3H3. The minimum Gasteiger partial charge on any atom is -0.380 e. The molecule has 0 spiro atoms. The zero-order chi connectivity index (χ0) is 17.6. The zero-order valence-electron chi connectivity index (χ0n) is 14.5. The highest BCUT2D eigenvalue weighted by Gasteiger charge is 2.14. The maximum atomic E-state index is 12.4. The molecular weight excluding hydrogens is 322 g/mol. The normalized spacial score (nSPS) is 13.0. The first-order valence-electron chi connectivity index (χ1n) is 8.12. The Morgan fingerprint density at radius 1 is 1.08 bits per heavy atom. The summed E-state index contributed by atoms with van der Waals surface area (Å²) < 4.78 is 32.6. The van der Waals surface area contributed by atoms with Crippen molar-refractivity contribution in [3.63, 3.8) is 0 Å². The molecule has 0 saturated heterocycles. The van der Waals surface area contributed by atoms with E-state index in [0.717, 1.165) is 23.1 Å². The van der Waals surface area contributed by atoms with E-state index in [-0.39, 0.29) is 6.54 Å². The van der Waals surface area contributed by atoms with E-state index in [9.17, 15) is 8.42 Å². The molecule has 0 aromatic heterocycles. The van der Waals surface area contributed by atoms with Gasteiger partial charge in [-0.2, -0.15) is 0 Å². The van der Waals surface area contributed by atoms with Gasteiger partial charge in [0.1, 0.15) is 0 Å². The number of methoxy groups -OCH3 is 1. The molecule has 0 aliphatic rings. The van der Waals surface area contributed by atoms with Crippen molar-refractivity contribution in [1.29, 1.82) is 0 Å². The van der Waals surface area contributed by atoms with Crippen LogP contribution in [0.5, 0.6) is 0 Å². The lowest BCUT2D eigenvalue weighted by molar-refractivity contribution is 0.185. The molecule has 0 heterocycles. The van der Waals surface area contributed by atoms with Crippen LogP contribution >= 0.6 is 0 Å². The monoisotopic (exact) mass is 347 g/mol. The van der Waals surface area contributed by atoms with Crippen LogP contribution in [0.15, 0.2) is 53.4 Å². The fraction of sp³-hybridized carbons (Fsp3) is 0.368. The number of ether oxygens (including phenoxy) is 1. The fourth-order valence-electron chi connectivity index (χ4n) is 2.47. The van der Waals surface area contributed by atoms with Gasteiger partial charge in [-0.25, -0.2) is 13.1 Å². The van der Waals surface area contributed by atoms with Crippen LogP contribution in [0.1, 0.15) is 42.9 Å². The molecule has 2 aromatic rings. The molecule has 1 N–H and O–H groups in total. The van der Waals surface area contributed by atoms with E-state index in [2.05, 4.69) is 18.6 Å². The van der Waals surface area contributed by atoms with Gasteiger partial charge in [0.05, 0.1) is 11.5 Å². The zero-order valence-corrected chi connectivity index (χ0v) is 15.3. The molecule has 1 unspecified atom stereocenters. The molecule has 0 aliphatic heterocycles. The molecule has 130 valence electrons. The molecular formula is C19H25NO3S. The smallest absolute Gasteiger partial charge is 0.240 e. The van der Waals surface area contributed by atoms with E-state index >= 15 is 0 Å². The molecule has 4 nitrogen and oxygen atoms in total. The molecule has 0 bridgehead atoms. The fourth-order valence-corrected chi connectivity index (χ4v) is 3.49. The van der Waals surface area contributed by atoms with Gasteiger partial charge in [-0.1, -0.05) is 50.2 Å². The van der Waals surface area contributed by atoms with Crippen molar-refractivity contribution >= 4 is 10.0 Å². The van der Waals surface area contributed by atoms with E-state index < -0.39 is 10.0 Å². The van der Waals surface area contributed by atoms with Crippen LogP contribution in [0.4, 0.5) is 0 Å². The molecule has 2 aromatic carbocycles. The Hall–Kier alpha value is -1.69. The quantitative estimate of drug-likeness (QED) is 0.790. The molecule has 0 fully saturated rings. The van der Waals surface area contributed by atoms with Gasteiger partial charge in [0.2, 0.25) is 10.0 Å². The summed E-state index contributed by atoms with van der Waals surface area (Å²) >= 11 is 0. The molecule has 1 atom stereocenters. The average Bonchev–Trinajstić information content (AvgIpc) is 2.60. The Kier molecular flexibility index (Phi) is 6.54. The number of hydrogen-bond acceptors (Lipinski definition) is 3. The van der Waals surface area contributed by atoms with Crippen molar-refractivity contribution < 1.29 is 13.2 Å². The third kappa shape index (κ3) is 4.90. The molecule has 0 amide bonds. The third-order valence-corrected chi connectivity index (χ3v) is 5.56. The van der Waals surface area contributed by atoms with Crippen molar-refractivity contribution in [2.75, 3.05) is 7.11 Å². The van der Waals surface area contributed by atoms with Crippen molar-refractivity contribution in [2.45, 2.75) is 44.2 Å². The van der Waals surface area contributed by atoms with Gasteiger partial charge < -0.3 is 4.74 Å². The second-order valence-corrected chi connectivity index (χ2v) is 7.72. The van der Waals surface area contributed by atoms with Gasteiger partial charge in [-0.3, -0.25) is 0 Å². The molecule has 2 rings (SSSR count).